The molecule has 2 bridgehead atoms. The van der Waals surface area contributed by atoms with Crippen molar-refractivity contribution in [3.05, 3.63) is 29.8 Å². The second-order valence-corrected chi connectivity index (χ2v) is 9.31. The highest BCUT2D eigenvalue weighted by Gasteiger charge is 2.49. The molecule has 24 heavy (non-hydrogen) atoms. The van der Waals surface area contributed by atoms with E-state index in [0.29, 0.717) is 17.2 Å². The number of benzene rings is 1. The van der Waals surface area contributed by atoms with Crippen LogP contribution in [-0.2, 0) is 0 Å². The highest BCUT2D eigenvalue weighted by molar-refractivity contribution is 5.31. The van der Waals surface area contributed by atoms with E-state index in [4.69, 9.17) is 0 Å². The van der Waals surface area contributed by atoms with Crippen LogP contribution in [0, 0.1) is 23.7 Å². The fraction of sp³-hybridized carbons (Fsp3) is 0.727. The third-order valence-electron chi connectivity index (χ3n) is 6.87. The van der Waals surface area contributed by atoms with Crippen LogP contribution in [0.25, 0.3) is 0 Å². The van der Waals surface area contributed by atoms with Crippen molar-refractivity contribution in [2.75, 3.05) is 6.54 Å². The van der Waals surface area contributed by atoms with E-state index in [9.17, 15) is 5.11 Å². The van der Waals surface area contributed by atoms with E-state index in [2.05, 4.69) is 25.2 Å². The molecular weight excluding hydrogens is 294 g/mol. The Bertz CT molecular complexity index is 579. The highest BCUT2D eigenvalue weighted by Crippen LogP contribution is 2.53. The average molecular weight is 328 g/mol. The maximum absolute atomic E-state index is 9.95. The molecule has 2 nitrogen and oxygen atoms in total. The van der Waals surface area contributed by atoms with E-state index in [1.54, 1.807) is 6.07 Å². The summed E-state index contributed by atoms with van der Waals surface area (Å²) in [6.45, 7) is 5.92. The van der Waals surface area contributed by atoms with Gasteiger partial charge >= 0.3 is 0 Å². The molecule has 0 radical (unpaired) electrons. The third kappa shape index (κ3) is 3.35. The van der Waals surface area contributed by atoms with E-state index in [-0.39, 0.29) is 0 Å². The van der Waals surface area contributed by atoms with Gasteiger partial charge in [-0.05, 0) is 85.9 Å². The van der Waals surface area contributed by atoms with Crippen molar-refractivity contribution in [2.24, 2.45) is 23.7 Å². The fourth-order valence-corrected chi connectivity index (χ4v) is 5.66. The standard InChI is InChI=1S/C22H33NO/c1-15(2)10-18-14-23-22(12-16-6-7-16)9-8-20(21(18)13-22)17-4-3-5-19(24)11-17/h3-5,11,15-16,18,20-21,23-24H,6-10,12-14H2,1-2H3. The summed E-state index contributed by atoms with van der Waals surface area (Å²) in [7, 11) is 0. The lowest BCUT2D eigenvalue weighted by Crippen LogP contribution is -2.58. The van der Waals surface area contributed by atoms with E-state index in [0.717, 1.165) is 23.7 Å². The van der Waals surface area contributed by atoms with Gasteiger partial charge in [0.2, 0.25) is 0 Å². The summed E-state index contributed by atoms with van der Waals surface area (Å²) < 4.78 is 0. The monoisotopic (exact) mass is 327 g/mol. The maximum atomic E-state index is 9.95. The molecule has 132 valence electrons. The summed E-state index contributed by atoms with van der Waals surface area (Å²) in [6, 6.07) is 8.09. The molecule has 0 amide bonds. The van der Waals surface area contributed by atoms with Gasteiger partial charge in [-0.1, -0.05) is 38.8 Å². The largest absolute Gasteiger partial charge is 0.508 e. The summed E-state index contributed by atoms with van der Waals surface area (Å²) in [5.74, 6) is 4.39. The second-order valence-electron chi connectivity index (χ2n) is 9.31. The zero-order valence-electron chi connectivity index (χ0n) is 15.3. The zero-order chi connectivity index (χ0) is 16.7. The topological polar surface area (TPSA) is 32.3 Å². The predicted octanol–water partition coefficient (Wildman–Crippen LogP) is 5.08. The van der Waals surface area contributed by atoms with Gasteiger partial charge < -0.3 is 10.4 Å². The maximum Gasteiger partial charge on any atom is 0.115 e. The molecule has 2 aliphatic carbocycles. The zero-order valence-corrected chi connectivity index (χ0v) is 15.3. The number of nitrogens with one attached hydrogen (secondary N) is 1. The minimum atomic E-state index is 0.423. The van der Waals surface area contributed by atoms with Crippen LogP contribution in [-0.4, -0.2) is 17.2 Å². The van der Waals surface area contributed by atoms with Gasteiger partial charge in [0.25, 0.3) is 0 Å². The van der Waals surface area contributed by atoms with Crippen molar-refractivity contribution in [1.29, 1.82) is 0 Å². The Morgan fingerprint density at radius 2 is 2.08 bits per heavy atom. The number of rotatable bonds is 5. The van der Waals surface area contributed by atoms with Crippen LogP contribution in [0.4, 0.5) is 0 Å². The van der Waals surface area contributed by atoms with Crippen LogP contribution in [0.5, 0.6) is 5.75 Å². The molecule has 4 atom stereocenters. The Hall–Kier alpha value is -1.02. The smallest absolute Gasteiger partial charge is 0.115 e. The number of hydrogen-bond donors (Lipinski definition) is 2. The number of fused-ring (bicyclic) bond motifs is 2. The van der Waals surface area contributed by atoms with Gasteiger partial charge in [-0.2, -0.15) is 0 Å². The Kier molecular flexibility index (Phi) is 4.36. The molecule has 1 saturated heterocycles. The molecule has 4 rings (SSSR count). The third-order valence-corrected chi connectivity index (χ3v) is 6.87. The van der Waals surface area contributed by atoms with Crippen LogP contribution in [0.2, 0.25) is 0 Å². The number of aromatic hydroxyl groups is 1. The minimum absolute atomic E-state index is 0.423. The Balaban J connectivity index is 1.59. The average Bonchev–Trinajstić information content (AvgIpc) is 3.34. The molecule has 1 aromatic rings. The molecule has 2 heteroatoms. The fourth-order valence-electron chi connectivity index (χ4n) is 5.66. The Morgan fingerprint density at radius 1 is 1.25 bits per heavy atom. The van der Waals surface area contributed by atoms with Crippen molar-refractivity contribution in [1.82, 2.24) is 5.32 Å². The van der Waals surface area contributed by atoms with Crippen molar-refractivity contribution in [3.63, 3.8) is 0 Å². The summed E-state index contributed by atoms with van der Waals surface area (Å²) in [4.78, 5) is 0. The van der Waals surface area contributed by atoms with E-state index in [1.165, 1.54) is 57.1 Å². The summed E-state index contributed by atoms with van der Waals surface area (Å²) in [6.07, 6.45) is 9.59. The van der Waals surface area contributed by atoms with E-state index in [1.807, 2.05) is 12.1 Å². The molecule has 1 aromatic carbocycles. The van der Waals surface area contributed by atoms with Crippen molar-refractivity contribution in [2.45, 2.75) is 70.3 Å². The summed E-state index contributed by atoms with van der Waals surface area (Å²) in [5, 5.41) is 14.0. The van der Waals surface area contributed by atoms with Crippen LogP contribution < -0.4 is 5.32 Å². The second kappa shape index (κ2) is 6.37. The normalized spacial score (nSPS) is 36.0. The lowest BCUT2D eigenvalue weighted by molar-refractivity contribution is 0.0431. The first kappa shape index (κ1) is 16.4. The molecule has 0 aromatic heterocycles. The van der Waals surface area contributed by atoms with E-state index >= 15 is 0 Å². The van der Waals surface area contributed by atoms with Gasteiger partial charge in [0, 0.05) is 5.54 Å². The lowest BCUT2D eigenvalue weighted by Gasteiger charge is -2.53. The molecule has 3 fully saturated rings. The molecule has 0 spiro atoms. The number of hydrogen-bond acceptors (Lipinski definition) is 2. The molecule has 4 unspecified atom stereocenters. The SMILES string of the molecule is CC(C)CC1CNC2(CC3CC3)CCC(c3cccc(O)c3)C1C2. The predicted molar refractivity (Wildman–Crippen MR) is 99.2 cm³/mol. The van der Waals surface area contributed by atoms with Crippen molar-refractivity contribution >= 4 is 0 Å². The minimum Gasteiger partial charge on any atom is -0.508 e. The van der Waals surface area contributed by atoms with Gasteiger partial charge in [0.15, 0.2) is 0 Å². The highest BCUT2D eigenvalue weighted by atomic mass is 16.3. The van der Waals surface area contributed by atoms with Gasteiger partial charge in [-0.15, -0.1) is 0 Å². The number of phenolic OH excluding ortho intramolecular Hbond substituents is 1. The molecule has 1 heterocycles. The molecule has 1 aliphatic heterocycles. The summed E-state index contributed by atoms with van der Waals surface area (Å²) >= 11 is 0. The van der Waals surface area contributed by atoms with Gasteiger partial charge in [0.1, 0.15) is 5.75 Å². The first-order valence-corrected chi connectivity index (χ1v) is 10.1. The number of piperidine rings is 1. The van der Waals surface area contributed by atoms with Crippen molar-refractivity contribution in [3.8, 4) is 5.75 Å². The Morgan fingerprint density at radius 3 is 2.79 bits per heavy atom. The first-order chi connectivity index (χ1) is 11.5. The van der Waals surface area contributed by atoms with Crippen LogP contribution in [0.15, 0.2) is 24.3 Å². The summed E-state index contributed by atoms with van der Waals surface area (Å²) in [5.41, 5.74) is 1.79. The molecule has 2 saturated carbocycles. The number of phenols is 1. The first-order valence-electron chi connectivity index (χ1n) is 10.1. The van der Waals surface area contributed by atoms with Crippen LogP contribution in [0.3, 0.4) is 0 Å². The molecule has 2 N–H and O–H groups in total. The van der Waals surface area contributed by atoms with Crippen molar-refractivity contribution < 1.29 is 5.11 Å². The van der Waals surface area contributed by atoms with E-state index < -0.39 is 0 Å². The quantitative estimate of drug-likeness (QED) is 0.790. The molecule has 3 aliphatic rings. The van der Waals surface area contributed by atoms with Gasteiger partial charge in [-0.3, -0.25) is 0 Å². The van der Waals surface area contributed by atoms with Crippen LogP contribution in [0.1, 0.15) is 70.3 Å². The molecular formula is C22H33NO. The van der Waals surface area contributed by atoms with Gasteiger partial charge in [-0.25, -0.2) is 0 Å². The lowest BCUT2D eigenvalue weighted by atomic mass is 9.59. The Labute approximate surface area is 147 Å². The van der Waals surface area contributed by atoms with Crippen LogP contribution >= 0.6 is 0 Å². The van der Waals surface area contributed by atoms with Gasteiger partial charge in [0.05, 0.1) is 0 Å².